The summed E-state index contributed by atoms with van der Waals surface area (Å²) >= 11 is 6.45. The number of carbonyl (C=O) groups excluding carboxylic acids is 2. The number of likely N-dealkylation sites (N-methyl/N-ethyl adjacent to an activating group) is 2. The number of fused-ring (bicyclic) bond motifs is 4. The summed E-state index contributed by atoms with van der Waals surface area (Å²) < 4.78 is 48.4. The smallest absolute Gasteiger partial charge is 0.410 e. The second-order valence-electron chi connectivity index (χ2n) is 15.5. The molecule has 13 heteroatoms. The molecule has 3 heterocycles. The molecule has 11 nitrogen and oxygen atoms in total. The summed E-state index contributed by atoms with van der Waals surface area (Å²) in [5, 5.41) is 0.706. The van der Waals surface area contributed by atoms with Crippen molar-refractivity contribution in [2.75, 3.05) is 58.5 Å². The van der Waals surface area contributed by atoms with Crippen molar-refractivity contribution in [1.82, 2.24) is 14.5 Å². The van der Waals surface area contributed by atoms with Crippen LogP contribution in [0.25, 0.3) is 0 Å². The molecule has 51 heavy (non-hydrogen) atoms. The molecule has 7 rings (SSSR count). The molecule has 2 bridgehead atoms. The van der Waals surface area contributed by atoms with Gasteiger partial charge in [-0.2, -0.15) is 0 Å². The third kappa shape index (κ3) is 6.96. The zero-order valence-corrected chi connectivity index (χ0v) is 31.5. The number of rotatable bonds is 2. The van der Waals surface area contributed by atoms with E-state index in [9.17, 15) is 18.0 Å². The van der Waals surface area contributed by atoms with Gasteiger partial charge < -0.3 is 24.0 Å². The molecule has 2 aromatic rings. The second-order valence-corrected chi connectivity index (χ2v) is 17.6. The van der Waals surface area contributed by atoms with Crippen molar-refractivity contribution in [1.29, 1.82) is 0 Å². The minimum absolute atomic E-state index is 0.00341. The van der Waals surface area contributed by atoms with Crippen LogP contribution in [-0.2, 0) is 36.1 Å². The first kappa shape index (κ1) is 36.1. The molecule has 2 fully saturated rings. The summed E-state index contributed by atoms with van der Waals surface area (Å²) in [6.07, 6.45) is 8.40. The summed E-state index contributed by atoms with van der Waals surface area (Å²) in [6, 6.07) is 10.9. The average molecular weight is 741 g/mol. The molecule has 1 saturated heterocycles. The molecule has 5 aliphatic rings. The predicted octanol–water partition coefficient (Wildman–Crippen LogP) is 5.15. The minimum atomic E-state index is -4.21. The highest BCUT2D eigenvalue weighted by atomic mass is 35.5. The first-order valence-corrected chi connectivity index (χ1v) is 19.9. The first-order valence-electron chi connectivity index (χ1n) is 18.0. The Balaban J connectivity index is 1.28. The molecule has 2 amide bonds. The highest BCUT2D eigenvalue weighted by Crippen LogP contribution is 2.47. The number of hydrogen-bond donors (Lipinski definition) is 1. The van der Waals surface area contributed by atoms with Gasteiger partial charge in [0.25, 0.3) is 15.9 Å². The van der Waals surface area contributed by atoms with E-state index in [2.05, 4.69) is 21.8 Å². The number of anilines is 1. The number of hydrogen-bond acceptors (Lipinski definition) is 9. The van der Waals surface area contributed by atoms with Crippen LogP contribution < -0.4 is 14.4 Å². The number of carbonyl (C=O) groups is 2. The Kier molecular flexibility index (Phi) is 9.83. The fourth-order valence-electron chi connectivity index (χ4n) is 8.30. The Morgan fingerprint density at radius 3 is 2.71 bits per heavy atom. The topological polar surface area (TPSA) is 118 Å². The van der Waals surface area contributed by atoms with Crippen LogP contribution in [0.1, 0.15) is 57.1 Å². The lowest BCUT2D eigenvalue weighted by Crippen LogP contribution is -2.54. The van der Waals surface area contributed by atoms with Gasteiger partial charge in [0.15, 0.2) is 0 Å². The molecular formula is C38H49ClN4O7S. The van der Waals surface area contributed by atoms with E-state index in [1.807, 2.05) is 18.2 Å². The van der Waals surface area contributed by atoms with Crippen LogP contribution in [-0.4, -0.2) is 101 Å². The van der Waals surface area contributed by atoms with Crippen molar-refractivity contribution in [3.05, 3.63) is 64.7 Å². The monoisotopic (exact) mass is 740 g/mol. The van der Waals surface area contributed by atoms with Crippen molar-refractivity contribution < 1.29 is 32.2 Å². The predicted molar refractivity (Wildman–Crippen MR) is 195 cm³/mol. The van der Waals surface area contributed by atoms with E-state index in [1.54, 1.807) is 49.9 Å². The molecule has 0 aromatic heterocycles. The van der Waals surface area contributed by atoms with Gasteiger partial charge in [-0.25, -0.2) is 17.9 Å². The number of amides is 2. The van der Waals surface area contributed by atoms with E-state index >= 15 is 0 Å². The number of sulfonamides is 1. The zero-order valence-electron chi connectivity index (χ0n) is 29.9. The molecule has 0 unspecified atom stereocenters. The standard InChI is InChI=1S/C38H49ClN4O7S/c1-37(2)35(44)40-51(46,47)29-11-14-34-32(20-29)43(23-38(24-49-34)16-5-7-25-19-27(39)10-13-31(25)38)21-26-9-12-30(26)33(8-6-17-41(37)3)50-36(45)42(4)28-15-18-48-22-28/h6,8,10-11,13-14,19-20,26,28,30,33H,5,7,9,12,15-18,21-24H2,1-4H3,(H,40,44)/t26-,28-,30+,33-,38-/m0/s1. The summed E-state index contributed by atoms with van der Waals surface area (Å²) in [5.41, 5.74) is 1.57. The lowest BCUT2D eigenvalue weighted by Gasteiger charge is -2.46. The number of benzene rings is 2. The van der Waals surface area contributed by atoms with Crippen molar-refractivity contribution in [2.24, 2.45) is 11.8 Å². The number of ether oxygens (including phenoxy) is 3. The van der Waals surface area contributed by atoms with Crippen LogP contribution in [0.5, 0.6) is 5.75 Å². The highest BCUT2D eigenvalue weighted by molar-refractivity contribution is 7.90. The molecule has 276 valence electrons. The van der Waals surface area contributed by atoms with Gasteiger partial charge in [-0.05, 0) is 113 Å². The van der Waals surface area contributed by atoms with Gasteiger partial charge in [-0.3, -0.25) is 9.69 Å². The van der Waals surface area contributed by atoms with Gasteiger partial charge >= 0.3 is 6.09 Å². The molecule has 2 aromatic carbocycles. The minimum Gasteiger partial charge on any atom is -0.490 e. The van der Waals surface area contributed by atoms with E-state index in [4.69, 9.17) is 25.8 Å². The second kappa shape index (κ2) is 13.9. The zero-order chi connectivity index (χ0) is 36.1. The third-order valence-electron chi connectivity index (χ3n) is 12.1. The van der Waals surface area contributed by atoms with Gasteiger partial charge in [-0.1, -0.05) is 23.7 Å². The molecule has 0 radical (unpaired) electrons. The van der Waals surface area contributed by atoms with E-state index in [1.165, 1.54) is 17.2 Å². The summed E-state index contributed by atoms with van der Waals surface area (Å²) in [7, 11) is -0.678. The number of halogens is 1. The molecular weight excluding hydrogens is 692 g/mol. The number of nitrogens with one attached hydrogen (secondary N) is 1. The normalized spacial score (nSPS) is 30.2. The number of aryl methyl sites for hydroxylation is 1. The average Bonchev–Trinajstić information content (AvgIpc) is 3.57. The Bertz CT molecular complexity index is 1810. The maximum atomic E-state index is 13.8. The lowest BCUT2D eigenvalue weighted by atomic mass is 9.68. The van der Waals surface area contributed by atoms with Gasteiger partial charge in [0.2, 0.25) is 0 Å². The molecule has 3 aliphatic heterocycles. The Morgan fingerprint density at radius 1 is 1.14 bits per heavy atom. The van der Waals surface area contributed by atoms with Crippen molar-refractivity contribution in [3.63, 3.8) is 0 Å². The van der Waals surface area contributed by atoms with E-state index in [0.29, 0.717) is 55.9 Å². The lowest BCUT2D eigenvalue weighted by molar-refractivity contribution is -0.128. The summed E-state index contributed by atoms with van der Waals surface area (Å²) in [4.78, 5) is 32.8. The molecule has 1 spiro atoms. The van der Waals surface area contributed by atoms with E-state index in [-0.39, 0.29) is 34.3 Å². The van der Waals surface area contributed by atoms with Gasteiger partial charge in [-0.15, -0.1) is 0 Å². The number of nitrogens with zero attached hydrogens (tertiary/aromatic N) is 3. The van der Waals surface area contributed by atoms with Gasteiger partial charge in [0, 0.05) is 49.6 Å². The van der Waals surface area contributed by atoms with E-state index < -0.39 is 27.6 Å². The Labute approximate surface area is 306 Å². The quantitative estimate of drug-likeness (QED) is 0.418. The van der Waals surface area contributed by atoms with Crippen molar-refractivity contribution in [2.45, 2.75) is 80.4 Å². The highest BCUT2D eigenvalue weighted by Gasteiger charge is 2.46. The summed E-state index contributed by atoms with van der Waals surface area (Å²) in [6.45, 7) is 6.48. The van der Waals surface area contributed by atoms with Crippen LogP contribution in [0.15, 0.2) is 53.4 Å². The van der Waals surface area contributed by atoms with Crippen molar-refractivity contribution in [3.8, 4) is 5.75 Å². The molecule has 5 atom stereocenters. The van der Waals surface area contributed by atoms with Crippen molar-refractivity contribution >= 4 is 39.3 Å². The van der Waals surface area contributed by atoms with Gasteiger partial charge in [0.1, 0.15) is 11.9 Å². The van der Waals surface area contributed by atoms with Crippen LogP contribution in [0.4, 0.5) is 10.5 Å². The molecule has 1 saturated carbocycles. The fraction of sp³-hybridized carbons (Fsp3) is 0.579. The fourth-order valence-corrected chi connectivity index (χ4v) is 9.62. The van der Waals surface area contributed by atoms with Gasteiger partial charge in [0.05, 0.1) is 35.4 Å². The Hall–Kier alpha value is -3.32. The van der Waals surface area contributed by atoms with Crippen LogP contribution in [0.2, 0.25) is 5.02 Å². The SMILES string of the molecule is CN(C(=O)O[C@H]1C=CCN(C)C(C)(C)C(=O)NS(=O)(=O)c2ccc3c(c2)N(C[C@@H]2CC[C@H]21)C[C@@]1(CCCc2cc(Cl)ccc21)CO3)[C@H]1CCOC1. The van der Waals surface area contributed by atoms with Crippen LogP contribution >= 0.6 is 11.6 Å². The Morgan fingerprint density at radius 2 is 1.96 bits per heavy atom. The van der Waals surface area contributed by atoms with Crippen LogP contribution in [0.3, 0.4) is 0 Å². The van der Waals surface area contributed by atoms with E-state index in [0.717, 1.165) is 38.5 Å². The molecule has 2 aliphatic carbocycles. The largest absolute Gasteiger partial charge is 0.490 e. The maximum Gasteiger partial charge on any atom is 0.410 e. The van der Waals surface area contributed by atoms with Crippen LogP contribution in [0, 0.1) is 11.8 Å². The third-order valence-corrected chi connectivity index (χ3v) is 13.7. The first-order chi connectivity index (χ1) is 24.3. The summed E-state index contributed by atoms with van der Waals surface area (Å²) in [5.74, 6) is 0.151. The maximum absolute atomic E-state index is 13.8. The molecule has 1 N–H and O–H groups in total.